The lowest BCUT2D eigenvalue weighted by atomic mass is 10.0. The summed E-state index contributed by atoms with van der Waals surface area (Å²) in [7, 11) is 1.45. The fraction of sp³-hybridized carbons (Fsp3) is 0.133. The smallest absolute Gasteiger partial charge is 0.335 e. The average Bonchev–Trinajstić information content (AvgIpc) is 2.39. The molecule has 98 valence electrons. The van der Waals surface area contributed by atoms with Crippen LogP contribution in [0.25, 0.3) is 0 Å². The Labute approximate surface area is 110 Å². The summed E-state index contributed by atoms with van der Waals surface area (Å²) in [6, 6.07) is 12.3. The van der Waals surface area contributed by atoms with Gasteiger partial charge in [0.15, 0.2) is 11.5 Å². The Morgan fingerprint density at radius 3 is 2.47 bits per heavy atom. The van der Waals surface area contributed by atoms with Gasteiger partial charge in [0.1, 0.15) is 0 Å². The number of methoxy groups -OCH3 is 1. The maximum atomic E-state index is 11.0. The number of ether oxygens (including phenoxy) is 1. The summed E-state index contributed by atoms with van der Waals surface area (Å²) in [5.41, 5.74) is 1.71. The van der Waals surface area contributed by atoms with Crippen molar-refractivity contribution in [3.05, 3.63) is 59.2 Å². The number of carboxylic acid groups (broad SMARTS) is 1. The first-order valence-electron chi connectivity index (χ1n) is 5.79. The predicted molar refractivity (Wildman–Crippen MR) is 70.9 cm³/mol. The minimum atomic E-state index is -1.08. The first kappa shape index (κ1) is 13.0. The number of phenolic OH excluding ortho intramolecular Hbond substituents is 1. The third-order valence-corrected chi connectivity index (χ3v) is 2.83. The molecule has 0 saturated carbocycles. The van der Waals surface area contributed by atoms with Crippen LogP contribution < -0.4 is 4.74 Å². The number of phenols is 1. The van der Waals surface area contributed by atoms with Gasteiger partial charge in [-0.1, -0.05) is 30.3 Å². The summed E-state index contributed by atoms with van der Waals surface area (Å²) in [5.74, 6) is -0.922. The largest absolute Gasteiger partial charge is 0.504 e. The van der Waals surface area contributed by atoms with E-state index in [1.807, 2.05) is 30.3 Å². The molecule has 0 amide bonds. The lowest BCUT2D eigenvalue weighted by molar-refractivity contribution is 0.0696. The van der Waals surface area contributed by atoms with Crippen LogP contribution in [0, 0.1) is 0 Å². The second-order valence-corrected chi connectivity index (χ2v) is 4.16. The molecule has 2 rings (SSSR count). The number of aromatic hydroxyl groups is 1. The summed E-state index contributed by atoms with van der Waals surface area (Å²) in [4.78, 5) is 11.0. The van der Waals surface area contributed by atoms with Crippen LogP contribution in [-0.2, 0) is 6.42 Å². The van der Waals surface area contributed by atoms with Gasteiger partial charge in [0.05, 0.1) is 12.7 Å². The molecule has 0 aliphatic carbocycles. The number of benzene rings is 2. The fourth-order valence-electron chi connectivity index (χ4n) is 1.98. The molecule has 4 heteroatoms. The average molecular weight is 258 g/mol. The molecule has 0 heterocycles. The van der Waals surface area contributed by atoms with Crippen molar-refractivity contribution in [3.8, 4) is 11.5 Å². The standard InChI is InChI=1S/C15H14O4/c1-19-14-11(7-10-5-3-2-4-6-10)8-12(15(17)18)9-13(14)16/h2-6,8-9,16H,7H2,1H3,(H,17,18). The zero-order valence-corrected chi connectivity index (χ0v) is 10.5. The molecule has 2 aromatic carbocycles. The predicted octanol–water partition coefficient (Wildman–Crippen LogP) is 2.69. The van der Waals surface area contributed by atoms with Gasteiger partial charge in [-0.2, -0.15) is 0 Å². The van der Waals surface area contributed by atoms with Crippen molar-refractivity contribution in [3.63, 3.8) is 0 Å². The number of carboxylic acids is 1. The molecule has 2 N–H and O–H groups in total. The molecule has 4 nitrogen and oxygen atoms in total. The van der Waals surface area contributed by atoms with Gasteiger partial charge >= 0.3 is 5.97 Å². The van der Waals surface area contributed by atoms with Gasteiger partial charge in [-0.15, -0.1) is 0 Å². The topological polar surface area (TPSA) is 66.8 Å². The molecular weight excluding hydrogens is 244 g/mol. The third kappa shape index (κ3) is 2.85. The van der Waals surface area contributed by atoms with E-state index >= 15 is 0 Å². The van der Waals surface area contributed by atoms with Crippen molar-refractivity contribution in [2.24, 2.45) is 0 Å². The van der Waals surface area contributed by atoms with Crippen LogP contribution in [0.3, 0.4) is 0 Å². The molecule has 0 radical (unpaired) electrons. The van der Waals surface area contributed by atoms with Crippen molar-refractivity contribution in [2.75, 3.05) is 7.11 Å². The zero-order valence-electron chi connectivity index (χ0n) is 10.5. The summed E-state index contributed by atoms with van der Waals surface area (Å²) < 4.78 is 5.14. The van der Waals surface area contributed by atoms with Gasteiger partial charge in [0.25, 0.3) is 0 Å². The Morgan fingerprint density at radius 2 is 1.89 bits per heavy atom. The van der Waals surface area contributed by atoms with Crippen LogP contribution >= 0.6 is 0 Å². The van der Waals surface area contributed by atoms with Crippen LogP contribution in [0.2, 0.25) is 0 Å². The lowest BCUT2D eigenvalue weighted by Gasteiger charge is -2.11. The first-order valence-corrected chi connectivity index (χ1v) is 5.79. The molecular formula is C15H14O4. The molecule has 0 bridgehead atoms. The number of hydrogen-bond donors (Lipinski definition) is 2. The van der Waals surface area contributed by atoms with Crippen molar-refractivity contribution in [1.29, 1.82) is 0 Å². The summed E-state index contributed by atoms with van der Waals surface area (Å²) >= 11 is 0. The van der Waals surface area contributed by atoms with E-state index in [1.165, 1.54) is 19.2 Å². The van der Waals surface area contributed by atoms with E-state index in [2.05, 4.69) is 0 Å². The van der Waals surface area contributed by atoms with Crippen molar-refractivity contribution >= 4 is 5.97 Å². The molecule has 0 saturated heterocycles. The van der Waals surface area contributed by atoms with Crippen LogP contribution in [0.15, 0.2) is 42.5 Å². The Balaban J connectivity index is 2.45. The highest BCUT2D eigenvalue weighted by Crippen LogP contribution is 2.33. The zero-order chi connectivity index (χ0) is 13.8. The van der Waals surface area contributed by atoms with Crippen LogP contribution in [0.5, 0.6) is 11.5 Å². The van der Waals surface area contributed by atoms with E-state index in [9.17, 15) is 9.90 Å². The van der Waals surface area contributed by atoms with E-state index in [-0.39, 0.29) is 11.3 Å². The van der Waals surface area contributed by atoms with E-state index < -0.39 is 5.97 Å². The molecule has 2 aromatic rings. The summed E-state index contributed by atoms with van der Waals surface area (Å²) in [6.07, 6.45) is 0.499. The Morgan fingerprint density at radius 1 is 1.21 bits per heavy atom. The summed E-state index contributed by atoms with van der Waals surface area (Å²) in [5, 5.41) is 18.8. The van der Waals surface area contributed by atoms with Crippen LogP contribution in [0.1, 0.15) is 21.5 Å². The molecule has 19 heavy (non-hydrogen) atoms. The van der Waals surface area contributed by atoms with Gasteiger partial charge < -0.3 is 14.9 Å². The molecule has 0 fully saturated rings. The molecule has 0 aromatic heterocycles. The fourth-order valence-corrected chi connectivity index (χ4v) is 1.98. The van der Waals surface area contributed by atoms with E-state index in [0.29, 0.717) is 17.7 Å². The minimum Gasteiger partial charge on any atom is -0.504 e. The molecule has 0 unspecified atom stereocenters. The van der Waals surface area contributed by atoms with E-state index in [0.717, 1.165) is 5.56 Å². The van der Waals surface area contributed by atoms with Crippen LogP contribution in [-0.4, -0.2) is 23.3 Å². The number of hydrogen-bond acceptors (Lipinski definition) is 3. The van der Waals surface area contributed by atoms with E-state index in [1.54, 1.807) is 0 Å². The van der Waals surface area contributed by atoms with E-state index in [4.69, 9.17) is 9.84 Å². The first-order chi connectivity index (χ1) is 9.11. The Hall–Kier alpha value is -2.49. The highest BCUT2D eigenvalue weighted by molar-refractivity contribution is 5.89. The van der Waals surface area contributed by atoms with Gasteiger partial charge in [0.2, 0.25) is 0 Å². The lowest BCUT2D eigenvalue weighted by Crippen LogP contribution is -2.01. The van der Waals surface area contributed by atoms with Gasteiger partial charge in [-0.3, -0.25) is 0 Å². The van der Waals surface area contributed by atoms with Crippen molar-refractivity contribution < 1.29 is 19.7 Å². The normalized spacial score (nSPS) is 10.2. The maximum Gasteiger partial charge on any atom is 0.335 e. The highest BCUT2D eigenvalue weighted by Gasteiger charge is 2.14. The second kappa shape index (κ2) is 5.44. The summed E-state index contributed by atoms with van der Waals surface area (Å²) in [6.45, 7) is 0. The minimum absolute atomic E-state index is 0.0456. The van der Waals surface area contributed by atoms with Gasteiger partial charge in [-0.25, -0.2) is 4.79 Å². The monoisotopic (exact) mass is 258 g/mol. The quantitative estimate of drug-likeness (QED) is 0.884. The molecule has 0 atom stereocenters. The molecule has 0 aliphatic heterocycles. The van der Waals surface area contributed by atoms with Crippen molar-refractivity contribution in [2.45, 2.75) is 6.42 Å². The van der Waals surface area contributed by atoms with Gasteiger partial charge in [0, 0.05) is 12.0 Å². The van der Waals surface area contributed by atoms with Crippen LogP contribution in [0.4, 0.5) is 0 Å². The number of aromatic carboxylic acids is 1. The van der Waals surface area contributed by atoms with Crippen molar-refractivity contribution in [1.82, 2.24) is 0 Å². The molecule has 0 aliphatic rings. The SMILES string of the molecule is COc1c(O)cc(C(=O)O)cc1Cc1ccccc1. The third-order valence-electron chi connectivity index (χ3n) is 2.83. The van der Waals surface area contributed by atoms with Gasteiger partial charge in [-0.05, 0) is 17.7 Å². The Bertz CT molecular complexity index is 591. The molecule has 0 spiro atoms. The highest BCUT2D eigenvalue weighted by atomic mass is 16.5. The maximum absolute atomic E-state index is 11.0. The number of carbonyl (C=O) groups is 1. The number of rotatable bonds is 4. The Kier molecular flexibility index (Phi) is 3.71. The second-order valence-electron chi connectivity index (χ2n) is 4.16.